The molecule has 6 heteroatoms. The highest BCUT2D eigenvalue weighted by atomic mass is 19.1. The average molecular weight is 345 g/mol. The number of anilines is 2. The number of amides is 1. The van der Waals surface area contributed by atoms with E-state index in [1.807, 2.05) is 13.8 Å². The third-order valence-corrected chi connectivity index (χ3v) is 4.20. The van der Waals surface area contributed by atoms with Gasteiger partial charge in [0.15, 0.2) is 0 Å². The van der Waals surface area contributed by atoms with Crippen LogP contribution < -0.4 is 10.6 Å². The maximum Gasteiger partial charge on any atom is 0.255 e. The third kappa shape index (κ3) is 5.26. The predicted molar refractivity (Wildman–Crippen MR) is 96.3 cm³/mol. The van der Waals surface area contributed by atoms with Crippen LogP contribution >= 0.6 is 0 Å². The van der Waals surface area contributed by atoms with E-state index in [1.54, 1.807) is 30.5 Å². The first-order chi connectivity index (χ1) is 12.0. The van der Waals surface area contributed by atoms with Gasteiger partial charge in [-0.1, -0.05) is 32.8 Å². The van der Waals surface area contributed by atoms with Gasteiger partial charge in [0.05, 0.1) is 11.7 Å². The van der Waals surface area contributed by atoms with E-state index >= 15 is 0 Å². The fourth-order valence-electron chi connectivity index (χ4n) is 2.68. The number of carbonyl (C=O) groups excluding carboxylic acids is 1. The normalized spacial score (nSPS) is 12.0. The van der Waals surface area contributed by atoms with Crippen molar-refractivity contribution in [1.82, 2.24) is 10.3 Å². The minimum atomic E-state index is -0.588. The van der Waals surface area contributed by atoms with Crippen LogP contribution in [0.2, 0.25) is 0 Å². The molecule has 2 rings (SSSR count). The number of pyridine rings is 1. The number of halogens is 1. The highest BCUT2D eigenvalue weighted by Crippen LogP contribution is 2.19. The van der Waals surface area contributed by atoms with E-state index in [2.05, 4.69) is 15.6 Å². The van der Waals surface area contributed by atoms with Gasteiger partial charge in [-0.3, -0.25) is 4.79 Å². The van der Waals surface area contributed by atoms with E-state index in [-0.39, 0.29) is 24.2 Å². The van der Waals surface area contributed by atoms with Crippen LogP contribution in [0.3, 0.4) is 0 Å². The largest absolute Gasteiger partial charge is 0.391 e. The molecule has 0 fully saturated rings. The second-order valence-electron chi connectivity index (χ2n) is 5.89. The second kappa shape index (κ2) is 9.13. The topological polar surface area (TPSA) is 74.2 Å². The molecule has 134 valence electrons. The molecule has 0 aliphatic heterocycles. The first-order valence-corrected chi connectivity index (χ1v) is 8.49. The summed E-state index contributed by atoms with van der Waals surface area (Å²) in [5, 5.41) is 15.8. The molecule has 0 aliphatic carbocycles. The minimum absolute atomic E-state index is 0.152. The Kier molecular flexibility index (Phi) is 6.89. The van der Waals surface area contributed by atoms with Gasteiger partial charge in [0, 0.05) is 18.4 Å². The van der Waals surface area contributed by atoms with Crippen molar-refractivity contribution < 1.29 is 14.3 Å². The molecule has 1 atom stereocenters. The quantitative estimate of drug-likeness (QED) is 0.685. The van der Waals surface area contributed by atoms with E-state index < -0.39 is 6.10 Å². The van der Waals surface area contributed by atoms with Gasteiger partial charge in [0.25, 0.3) is 5.91 Å². The molecule has 0 radical (unpaired) electrons. The summed E-state index contributed by atoms with van der Waals surface area (Å²) in [5.74, 6) is -0.223. The summed E-state index contributed by atoms with van der Waals surface area (Å²) in [4.78, 5) is 16.6. The first kappa shape index (κ1) is 18.9. The smallest absolute Gasteiger partial charge is 0.255 e. The van der Waals surface area contributed by atoms with Crippen LogP contribution in [0.1, 0.15) is 37.0 Å². The van der Waals surface area contributed by atoms with Crippen molar-refractivity contribution in [2.75, 3.05) is 11.9 Å². The lowest BCUT2D eigenvalue weighted by molar-refractivity contribution is 0.0817. The molecule has 1 amide bonds. The molecule has 1 unspecified atom stereocenters. The molecule has 1 aromatic heterocycles. The molecule has 0 bridgehead atoms. The molecule has 0 aliphatic rings. The van der Waals surface area contributed by atoms with Crippen molar-refractivity contribution in [1.29, 1.82) is 0 Å². The molecule has 0 spiro atoms. The van der Waals surface area contributed by atoms with E-state index in [4.69, 9.17) is 0 Å². The number of aliphatic hydroxyl groups excluding tert-OH is 1. The number of rotatable bonds is 8. The summed E-state index contributed by atoms with van der Waals surface area (Å²) in [6, 6.07) is 9.22. The lowest BCUT2D eigenvalue weighted by Gasteiger charge is -2.20. The van der Waals surface area contributed by atoms with Crippen molar-refractivity contribution in [2.45, 2.75) is 32.8 Å². The molecular formula is C19H24FN3O2. The van der Waals surface area contributed by atoms with Crippen LogP contribution in [0, 0.1) is 11.7 Å². The third-order valence-electron chi connectivity index (χ3n) is 4.20. The summed E-state index contributed by atoms with van der Waals surface area (Å²) < 4.78 is 13.3. The maximum atomic E-state index is 13.3. The fourth-order valence-corrected chi connectivity index (χ4v) is 2.68. The molecule has 1 heterocycles. The number of benzene rings is 1. The van der Waals surface area contributed by atoms with Gasteiger partial charge in [0.2, 0.25) is 0 Å². The molecule has 0 saturated heterocycles. The Morgan fingerprint density at radius 3 is 2.68 bits per heavy atom. The van der Waals surface area contributed by atoms with Gasteiger partial charge >= 0.3 is 0 Å². The number of aliphatic hydroxyl groups is 1. The number of hydrogen-bond acceptors (Lipinski definition) is 4. The number of hydrogen-bond donors (Lipinski definition) is 3. The number of nitrogens with zero attached hydrogens (tertiary/aromatic N) is 1. The highest BCUT2D eigenvalue weighted by molar-refractivity contribution is 5.99. The van der Waals surface area contributed by atoms with Gasteiger partial charge in [-0.2, -0.15) is 0 Å². The zero-order valence-corrected chi connectivity index (χ0v) is 14.5. The Balaban J connectivity index is 2.07. The fraction of sp³-hybridized carbons (Fsp3) is 0.368. The lowest BCUT2D eigenvalue weighted by atomic mass is 9.96. The standard InChI is InChI=1S/C19H24FN3O2/c1-3-13(4-2)17(24)12-22-19(25)16-9-6-10-21-18(16)23-15-8-5-7-14(20)11-15/h5-11,13,17,24H,3-4,12H2,1-2H3,(H,21,23)(H,22,25). The Morgan fingerprint density at radius 1 is 1.24 bits per heavy atom. The maximum absolute atomic E-state index is 13.3. The van der Waals surface area contributed by atoms with Crippen molar-refractivity contribution in [2.24, 2.45) is 5.92 Å². The van der Waals surface area contributed by atoms with Crippen LogP contribution in [0.4, 0.5) is 15.9 Å². The monoisotopic (exact) mass is 345 g/mol. The molecule has 3 N–H and O–H groups in total. The molecule has 5 nitrogen and oxygen atoms in total. The Bertz CT molecular complexity index is 705. The molecule has 2 aromatic rings. The number of carbonyl (C=O) groups is 1. The van der Waals surface area contributed by atoms with Gasteiger partial charge < -0.3 is 15.7 Å². The molecule has 1 aromatic carbocycles. The van der Waals surface area contributed by atoms with Crippen molar-refractivity contribution in [3.8, 4) is 0 Å². The number of aromatic nitrogens is 1. The van der Waals surface area contributed by atoms with Crippen LogP contribution in [0.15, 0.2) is 42.6 Å². The summed E-state index contributed by atoms with van der Waals surface area (Å²) in [6.07, 6.45) is 2.67. The Hall–Kier alpha value is -2.47. The summed E-state index contributed by atoms with van der Waals surface area (Å²) in [5.41, 5.74) is 0.841. The van der Waals surface area contributed by atoms with Crippen LogP contribution in [0.25, 0.3) is 0 Å². The molecule has 0 saturated carbocycles. The average Bonchev–Trinajstić information content (AvgIpc) is 2.61. The SMILES string of the molecule is CCC(CC)C(O)CNC(=O)c1cccnc1Nc1cccc(F)c1. The van der Waals surface area contributed by atoms with Crippen molar-refractivity contribution in [3.63, 3.8) is 0 Å². The van der Waals surface area contributed by atoms with Crippen LogP contribution in [-0.4, -0.2) is 28.6 Å². The van der Waals surface area contributed by atoms with Gasteiger partial charge in [0.1, 0.15) is 11.6 Å². The van der Waals surface area contributed by atoms with Crippen LogP contribution in [0.5, 0.6) is 0 Å². The zero-order chi connectivity index (χ0) is 18.2. The summed E-state index contributed by atoms with van der Waals surface area (Å²) >= 11 is 0. The van der Waals surface area contributed by atoms with Gasteiger partial charge in [-0.15, -0.1) is 0 Å². The van der Waals surface area contributed by atoms with Crippen molar-refractivity contribution in [3.05, 3.63) is 54.0 Å². The van der Waals surface area contributed by atoms with Gasteiger partial charge in [-0.05, 0) is 36.2 Å². The lowest BCUT2D eigenvalue weighted by Crippen LogP contribution is -2.36. The minimum Gasteiger partial charge on any atom is -0.391 e. The van der Waals surface area contributed by atoms with E-state index in [0.29, 0.717) is 17.1 Å². The van der Waals surface area contributed by atoms with Gasteiger partial charge in [-0.25, -0.2) is 9.37 Å². The molecular weight excluding hydrogens is 321 g/mol. The number of nitrogens with one attached hydrogen (secondary N) is 2. The molecule has 25 heavy (non-hydrogen) atoms. The zero-order valence-electron chi connectivity index (χ0n) is 14.5. The predicted octanol–water partition coefficient (Wildman–Crippen LogP) is 3.49. The van der Waals surface area contributed by atoms with E-state index in [0.717, 1.165) is 12.8 Å². The van der Waals surface area contributed by atoms with Crippen molar-refractivity contribution >= 4 is 17.4 Å². The highest BCUT2D eigenvalue weighted by Gasteiger charge is 2.18. The Labute approximate surface area is 147 Å². The second-order valence-corrected chi connectivity index (χ2v) is 5.89. The first-order valence-electron chi connectivity index (χ1n) is 8.49. The summed E-state index contributed by atoms with van der Waals surface area (Å²) in [6.45, 7) is 4.21. The Morgan fingerprint density at radius 2 is 2.00 bits per heavy atom. The van der Waals surface area contributed by atoms with E-state index in [1.165, 1.54) is 12.1 Å². The summed E-state index contributed by atoms with van der Waals surface area (Å²) in [7, 11) is 0. The van der Waals surface area contributed by atoms with E-state index in [9.17, 15) is 14.3 Å². The van der Waals surface area contributed by atoms with Crippen LogP contribution in [-0.2, 0) is 0 Å².